The highest BCUT2D eigenvalue weighted by molar-refractivity contribution is 7.09. The van der Waals surface area contributed by atoms with E-state index < -0.39 is 5.92 Å². The van der Waals surface area contributed by atoms with Gasteiger partial charge in [-0.1, -0.05) is 19.9 Å². The van der Waals surface area contributed by atoms with Gasteiger partial charge in [0.05, 0.1) is 16.8 Å². The van der Waals surface area contributed by atoms with Crippen LogP contribution in [0.1, 0.15) is 41.0 Å². The van der Waals surface area contributed by atoms with E-state index in [1.807, 2.05) is 6.07 Å². The number of rotatable bonds is 5. The summed E-state index contributed by atoms with van der Waals surface area (Å²) in [6.07, 6.45) is 2.43. The third kappa shape index (κ3) is 3.28. The van der Waals surface area contributed by atoms with Crippen LogP contribution in [0.3, 0.4) is 0 Å². The molecule has 2 aromatic heterocycles. The van der Waals surface area contributed by atoms with Crippen molar-refractivity contribution < 1.29 is 4.79 Å². The molecule has 0 aliphatic heterocycles. The van der Waals surface area contributed by atoms with Crippen LogP contribution in [0.5, 0.6) is 0 Å². The number of aromatic nitrogens is 2. The summed E-state index contributed by atoms with van der Waals surface area (Å²) in [5, 5.41) is 11.9. The number of ketones is 1. The number of pyridine rings is 1. The first kappa shape index (κ1) is 14.4. The van der Waals surface area contributed by atoms with Crippen LogP contribution < -0.4 is 0 Å². The maximum absolute atomic E-state index is 12.4. The average molecular weight is 285 g/mol. The lowest BCUT2D eigenvalue weighted by Gasteiger charge is -2.05. The number of carbonyl (C=O) groups is 1. The first-order valence-electron chi connectivity index (χ1n) is 6.41. The van der Waals surface area contributed by atoms with Gasteiger partial charge < -0.3 is 0 Å². The highest BCUT2D eigenvalue weighted by atomic mass is 32.1. The van der Waals surface area contributed by atoms with E-state index in [-0.39, 0.29) is 5.78 Å². The van der Waals surface area contributed by atoms with Gasteiger partial charge in [0.15, 0.2) is 5.92 Å². The summed E-state index contributed by atoms with van der Waals surface area (Å²) < 4.78 is 0. The lowest BCUT2D eigenvalue weighted by Crippen LogP contribution is -2.13. The molecule has 4 nitrogen and oxygen atoms in total. The highest BCUT2D eigenvalue weighted by Crippen LogP contribution is 2.21. The Labute approximate surface area is 122 Å². The summed E-state index contributed by atoms with van der Waals surface area (Å²) in [5.74, 6) is -0.672. The zero-order valence-corrected chi connectivity index (χ0v) is 12.2. The molecule has 1 atom stereocenters. The molecular weight excluding hydrogens is 270 g/mol. The Balaban J connectivity index is 2.22. The third-order valence-electron chi connectivity index (χ3n) is 2.76. The molecule has 102 valence electrons. The van der Waals surface area contributed by atoms with Crippen LogP contribution in [-0.4, -0.2) is 15.8 Å². The molecule has 2 rings (SSSR count). The van der Waals surface area contributed by atoms with Crippen molar-refractivity contribution in [2.24, 2.45) is 5.92 Å². The molecule has 0 saturated heterocycles. The molecule has 0 aliphatic carbocycles. The fraction of sp³-hybridized carbons (Fsp3) is 0.333. The van der Waals surface area contributed by atoms with Crippen LogP contribution in [0.25, 0.3) is 0 Å². The van der Waals surface area contributed by atoms with E-state index in [0.717, 1.165) is 11.4 Å². The Morgan fingerprint density at radius 3 is 2.85 bits per heavy atom. The van der Waals surface area contributed by atoms with Crippen molar-refractivity contribution in [1.29, 1.82) is 5.26 Å². The Hall–Kier alpha value is -2.06. The largest absolute Gasteiger partial charge is 0.290 e. The van der Waals surface area contributed by atoms with Crippen LogP contribution in [0.4, 0.5) is 0 Å². The Morgan fingerprint density at radius 1 is 1.45 bits per heavy atom. The van der Waals surface area contributed by atoms with E-state index >= 15 is 0 Å². The van der Waals surface area contributed by atoms with Crippen molar-refractivity contribution in [3.8, 4) is 6.07 Å². The van der Waals surface area contributed by atoms with Crippen molar-refractivity contribution >= 4 is 17.1 Å². The highest BCUT2D eigenvalue weighted by Gasteiger charge is 2.25. The van der Waals surface area contributed by atoms with Gasteiger partial charge in [-0.3, -0.25) is 9.78 Å². The van der Waals surface area contributed by atoms with Crippen LogP contribution >= 0.6 is 11.3 Å². The van der Waals surface area contributed by atoms with Gasteiger partial charge in [-0.2, -0.15) is 5.26 Å². The normalized spacial score (nSPS) is 12.1. The molecule has 0 saturated carbocycles. The number of nitriles is 1. The summed E-state index contributed by atoms with van der Waals surface area (Å²) in [6, 6.07) is 7.23. The van der Waals surface area contributed by atoms with E-state index in [2.05, 4.69) is 23.8 Å². The quantitative estimate of drug-likeness (QED) is 0.791. The summed E-state index contributed by atoms with van der Waals surface area (Å²) >= 11 is 1.47. The third-order valence-corrected chi connectivity index (χ3v) is 3.63. The van der Waals surface area contributed by atoms with E-state index in [4.69, 9.17) is 0 Å². The van der Waals surface area contributed by atoms with Gasteiger partial charge in [0.2, 0.25) is 5.78 Å². The molecule has 0 N–H and O–H groups in total. The molecule has 0 aromatic carbocycles. The van der Waals surface area contributed by atoms with E-state index in [9.17, 15) is 10.1 Å². The van der Waals surface area contributed by atoms with Gasteiger partial charge in [0.1, 0.15) is 5.69 Å². The van der Waals surface area contributed by atoms with Gasteiger partial charge in [0.25, 0.3) is 0 Å². The van der Waals surface area contributed by atoms with Gasteiger partial charge in [-0.05, 0) is 18.1 Å². The van der Waals surface area contributed by atoms with Crippen LogP contribution in [-0.2, 0) is 6.42 Å². The zero-order valence-electron chi connectivity index (χ0n) is 11.4. The van der Waals surface area contributed by atoms with Crippen molar-refractivity contribution in [2.45, 2.75) is 26.2 Å². The van der Waals surface area contributed by atoms with Crippen LogP contribution in [0, 0.1) is 17.2 Å². The Morgan fingerprint density at radius 2 is 2.25 bits per heavy atom. The average Bonchev–Trinajstić information content (AvgIpc) is 2.88. The summed E-state index contributed by atoms with van der Waals surface area (Å²) in [7, 11) is 0. The minimum Gasteiger partial charge on any atom is -0.290 e. The monoisotopic (exact) mass is 285 g/mol. The van der Waals surface area contributed by atoms with Gasteiger partial charge in [-0.25, -0.2) is 4.98 Å². The molecule has 0 aliphatic rings. The summed E-state index contributed by atoms with van der Waals surface area (Å²) in [5.41, 5.74) is 0.835. The Kier molecular flexibility index (Phi) is 4.59. The molecule has 0 bridgehead atoms. The molecule has 0 fully saturated rings. The second-order valence-electron chi connectivity index (χ2n) is 4.91. The second kappa shape index (κ2) is 6.40. The van der Waals surface area contributed by atoms with E-state index in [1.54, 1.807) is 29.8 Å². The number of thiazole rings is 1. The van der Waals surface area contributed by atoms with Gasteiger partial charge >= 0.3 is 0 Å². The molecule has 20 heavy (non-hydrogen) atoms. The predicted octanol–water partition coefficient (Wildman–Crippen LogP) is 3.23. The lowest BCUT2D eigenvalue weighted by atomic mass is 9.99. The number of hydrogen-bond donors (Lipinski definition) is 0. The fourth-order valence-corrected chi connectivity index (χ4v) is 2.82. The molecular formula is C15H15N3OS. The molecule has 5 heteroatoms. The zero-order chi connectivity index (χ0) is 14.5. The number of hydrogen-bond acceptors (Lipinski definition) is 5. The number of carbonyl (C=O) groups excluding carboxylic acids is 1. The van der Waals surface area contributed by atoms with Crippen LogP contribution in [0.2, 0.25) is 0 Å². The maximum atomic E-state index is 12.4. The van der Waals surface area contributed by atoms with Gasteiger partial charge in [-0.15, -0.1) is 11.3 Å². The summed E-state index contributed by atoms with van der Waals surface area (Å²) in [6.45, 7) is 4.21. The molecule has 2 heterocycles. The topological polar surface area (TPSA) is 66.6 Å². The minimum absolute atomic E-state index is 0.280. The van der Waals surface area contributed by atoms with Crippen molar-refractivity contribution in [1.82, 2.24) is 9.97 Å². The lowest BCUT2D eigenvalue weighted by molar-refractivity contribution is 0.0973. The van der Waals surface area contributed by atoms with Crippen molar-refractivity contribution in [3.63, 3.8) is 0 Å². The fourth-order valence-electron chi connectivity index (χ4n) is 1.82. The Bertz CT molecular complexity index is 628. The minimum atomic E-state index is -0.884. The SMILES string of the molecule is CC(C)Cc1nc(C(=O)C(C#N)c2ccccn2)cs1. The standard InChI is InChI=1S/C15H15N3OS/c1-10(2)7-14-18-13(9-20-14)15(19)11(8-16)12-5-3-4-6-17-12/h3-6,9-11H,7H2,1-2H3. The van der Waals surface area contributed by atoms with Gasteiger partial charge in [0, 0.05) is 18.0 Å². The molecule has 1 unspecified atom stereocenters. The second-order valence-corrected chi connectivity index (χ2v) is 5.85. The molecule has 0 spiro atoms. The number of Topliss-reactive ketones (excluding diaryl/α,β-unsaturated/α-hetero) is 1. The predicted molar refractivity (Wildman–Crippen MR) is 77.6 cm³/mol. The van der Waals surface area contributed by atoms with Crippen LogP contribution in [0.15, 0.2) is 29.8 Å². The van der Waals surface area contributed by atoms with E-state index in [1.165, 1.54) is 11.3 Å². The van der Waals surface area contributed by atoms with Crippen molar-refractivity contribution in [3.05, 3.63) is 46.2 Å². The number of nitrogens with zero attached hydrogens (tertiary/aromatic N) is 3. The molecule has 0 amide bonds. The first-order chi connectivity index (χ1) is 9.61. The summed E-state index contributed by atoms with van der Waals surface area (Å²) in [4.78, 5) is 20.8. The van der Waals surface area contributed by atoms with Crippen molar-refractivity contribution in [2.75, 3.05) is 0 Å². The maximum Gasteiger partial charge on any atom is 0.205 e. The molecule has 2 aromatic rings. The smallest absolute Gasteiger partial charge is 0.205 e. The van der Waals surface area contributed by atoms with E-state index in [0.29, 0.717) is 17.3 Å². The first-order valence-corrected chi connectivity index (χ1v) is 7.29. The molecule has 0 radical (unpaired) electrons.